The van der Waals surface area contributed by atoms with Crippen molar-refractivity contribution in [2.45, 2.75) is 0 Å². The molecule has 104 valence electrons. The lowest BCUT2D eigenvalue weighted by Gasteiger charge is -2.12. The van der Waals surface area contributed by atoms with E-state index >= 15 is 0 Å². The highest BCUT2D eigenvalue weighted by molar-refractivity contribution is 5.65. The fourth-order valence-corrected chi connectivity index (χ4v) is 1.62. The molecule has 1 heterocycles. The highest BCUT2D eigenvalue weighted by Gasteiger charge is 2.17. The molecule has 9 heteroatoms. The molecule has 0 saturated heterocycles. The molecule has 0 unspecified atom stereocenters. The first-order chi connectivity index (χ1) is 9.73. The van der Waals surface area contributed by atoms with Crippen molar-refractivity contribution in [1.82, 2.24) is 10.2 Å². The van der Waals surface area contributed by atoms with Gasteiger partial charge >= 0.3 is 6.01 Å². The lowest BCUT2D eigenvalue weighted by Crippen LogP contribution is -1.95. The summed E-state index contributed by atoms with van der Waals surface area (Å²) in [4.78, 5) is 2.57. The zero-order valence-corrected chi connectivity index (χ0v) is 11.0. The van der Waals surface area contributed by atoms with Crippen LogP contribution in [0.3, 0.4) is 0 Å². The highest BCUT2D eigenvalue weighted by atomic mass is 16.5. The third-order valence-corrected chi connectivity index (χ3v) is 2.46. The van der Waals surface area contributed by atoms with Crippen LogP contribution in [0.15, 0.2) is 21.7 Å². The van der Waals surface area contributed by atoms with Crippen LogP contribution in [0.25, 0.3) is 21.9 Å². The van der Waals surface area contributed by atoms with Crippen molar-refractivity contribution in [3.8, 4) is 28.7 Å². The van der Waals surface area contributed by atoms with E-state index in [0.29, 0.717) is 22.8 Å². The Morgan fingerprint density at radius 3 is 2.25 bits per heavy atom. The Labute approximate surface area is 113 Å². The van der Waals surface area contributed by atoms with Crippen LogP contribution in [0.5, 0.6) is 17.2 Å². The Bertz CT molecular complexity index is 638. The van der Waals surface area contributed by atoms with Crippen LogP contribution in [-0.4, -0.2) is 31.5 Å². The van der Waals surface area contributed by atoms with E-state index in [9.17, 15) is 0 Å². The Balaban J connectivity index is 2.53. The Hall–Kier alpha value is -2.93. The van der Waals surface area contributed by atoms with Crippen molar-refractivity contribution >= 4 is 6.01 Å². The van der Waals surface area contributed by atoms with Crippen molar-refractivity contribution in [2.24, 2.45) is 5.11 Å². The summed E-state index contributed by atoms with van der Waals surface area (Å²) in [5.41, 5.74) is 8.85. The Morgan fingerprint density at radius 1 is 1.10 bits per heavy atom. The molecule has 0 bridgehead atoms. The summed E-state index contributed by atoms with van der Waals surface area (Å²) in [6, 6.07) is 3.12. The molecular weight excluding hydrogens is 266 g/mol. The maximum Gasteiger partial charge on any atom is 0.304 e. The van der Waals surface area contributed by atoms with E-state index < -0.39 is 0 Å². The van der Waals surface area contributed by atoms with Gasteiger partial charge in [0.25, 0.3) is 0 Å². The number of aromatic nitrogens is 2. The van der Waals surface area contributed by atoms with Gasteiger partial charge in [0.15, 0.2) is 11.5 Å². The van der Waals surface area contributed by atoms with Crippen molar-refractivity contribution < 1.29 is 18.6 Å². The van der Waals surface area contributed by atoms with Crippen LogP contribution in [-0.2, 0) is 0 Å². The Morgan fingerprint density at radius 2 is 1.75 bits per heavy atom. The van der Waals surface area contributed by atoms with E-state index in [1.54, 1.807) is 12.1 Å². The molecule has 0 saturated carbocycles. The molecule has 0 amide bonds. The van der Waals surface area contributed by atoms with Crippen molar-refractivity contribution in [3.05, 3.63) is 22.6 Å². The monoisotopic (exact) mass is 277 g/mol. The average molecular weight is 277 g/mol. The van der Waals surface area contributed by atoms with Crippen molar-refractivity contribution in [2.75, 3.05) is 21.3 Å². The molecule has 0 aliphatic rings. The Kier molecular flexibility index (Phi) is 3.92. The number of benzene rings is 1. The van der Waals surface area contributed by atoms with Crippen LogP contribution < -0.4 is 14.2 Å². The molecule has 0 N–H and O–H groups in total. The van der Waals surface area contributed by atoms with Gasteiger partial charge in [0.05, 0.1) is 21.3 Å². The SMILES string of the molecule is COc1cc(-c2nnc(N=[N+]=[N-])o2)cc(OC)c1OC. The van der Waals surface area contributed by atoms with Gasteiger partial charge in [0, 0.05) is 15.6 Å². The van der Waals surface area contributed by atoms with Crippen molar-refractivity contribution in [3.63, 3.8) is 0 Å². The van der Waals surface area contributed by atoms with E-state index in [1.165, 1.54) is 21.3 Å². The van der Waals surface area contributed by atoms with Gasteiger partial charge < -0.3 is 18.6 Å². The van der Waals surface area contributed by atoms with E-state index in [2.05, 4.69) is 20.2 Å². The number of hydrogen-bond acceptors (Lipinski definition) is 7. The zero-order valence-electron chi connectivity index (χ0n) is 11.0. The predicted molar refractivity (Wildman–Crippen MR) is 68.2 cm³/mol. The summed E-state index contributed by atoms with van der Waals surface area (Å²) in [7, 11) is 4.51. The van der Waals surface area contributed by atoms with E-state index in [0.717, 1.165) is 0 Å². The summed E-state index contributed by atoms with van der Waals surface area (Å²) in [6.45, 7) is 0. The maximum absolute atomic E-state index is 8.31. The van der Waals surface area contributed by atoms with Gasteiger partial charge in [-0.25, -0.2) is 0 Å². The number of azide groups is 1. The molecule has 1 aromatic carbocycles. The maximum atomic E-state index is 8.31. The minimum absolute atomic E-state index is 0.170. The quantitative estimate of drug-likeness (QED) is 0.471. The predicted octanol–water partition coefficient (Wildman–Crippen LogP) is 2.70. The number of ether oxygens (including phenoxy) is 3. The van der Waals surface area contributed by atoms with E-state index in [-0.39, 0.29) is 11.9 Å². The lowest BCUT2D eigenvalue weighted by molar-refractivity contribution is 0.324. The molecule has 20 heavy (non-hydrogen) atoms. The van der Waals surface area contributed by atoms with Crippen LogP contribution >= 0.6 is 0 Å². The molecule has 1 aromatic heterocycles. The lowest BCUT2D eigenvalue weighted by atomic mass is 10.2. The minimum Gasteiger partial charge on any atom is -0.493 e. The number of methoxy groups -OCH3 is 3. The molecule has 0 atom stereocenters. The normalized spacial score (nSPS) is 9.75. The second-order valence-electron chi connectivity index (χ2n) is 3.49. The van der Waals surface area contributed by atoms with Gasteiger partial charge in [0.2, 0.25) is 11.6 Å². The van der Waals surface area contributed by atoms with E-state index in [1.807, 2.05) is 0 Å². The molecule has 2 rings (SSSR count). The summed E-state index contributed by atoms with van der Waals surface area (Å²) in [5.74, 6) is 1.52. The molecule has 0 spiro atoms. The standard InChI is InChI=1S/C11H11N5O4/c1-17-7-4-6(5-8(18-2)9(7)19-3)10-13-14-11(20-10)15-16-12/h4-5H,1-3H3. The second-order valence-corrected chi connectivity index (χ2v) is 3.49. The first kappa shape index (κ1) is 13.5. The number of hydrogen-bond donors (Lipinski definition) is 0. The summed E-state index contributed by atoms with van der Waals surface area (Å²) in [5, 5.41) is 10.6. The van der Waals surface area contributed by atoms with Crippen LogP contribution in [0, 0.1) is 0 Å². The smallest absolute Gasteiger partial charge is 0.304 e. The summed E-state index contributed by atoms with van der Waals surface area (Å²) < 4.78 is 20.8. The largest absolute Gasteiger partial charge is 0.493 e. The van der Waals surface area contributed by atoms with E-state index in [4.69, 9.17) is 24.2 Å². The van der Waals surface area contributed by atoms with Gasteiger partial charge in [0.1, 0.15) is 0 Å². The molecule has 0 aliphatic carbocycles. The van der Waals surface area contributed by atoms with Gasteiger partial charge in [-0.15, -0.1) is 10.2 Å². The van der Waals surface area contributed by atoms with Gasteiger partial charge in [-0.1, -0.05) is 0 Å². The van der Waals surface area contributed by atoms with Gasteiger partial charge in [-0.3, -0.25) is 0 Å². The highest BCUT2D eigenvalue weighted by Crippen LogP contribution is 2.41. The summed E-state index contributed by atoms with van der Waals surface area (Å²) >= 11 is 0. The molecule has 2 aromatic rings. The topological polar surface area (TPSA) is 115 Å². The minimum atomic E-state index is -0.170. The van der Waals surface area contributed by atoms with Gasteiger partial charge in [-0.05, 0) is 17.7 Å². The third-order valence-electron chi connectivity index (χ3n) is 2.46. The fraction of sp³-hybridized carbons (Fsp3) is 0.273. The zero-order chi connectivity index (χ0) is 14.5. The average Bonchev–Trinajstić information content (AvgIpc) is 2.94. The van der Waals surface area contributed by atoms with Crippen LogP contribution in [0.4, 0.5) is 6.01 Å². The molecular formula is C11H11N5O4. The first-order valence-electron chi connectivity index (χ1n) is 5.42. The summed E-state index contributed by atoms with van der Waals surface area (Å²) in [6.07, 6.45) is 0. The fourth-order valence-electron chi connectivity index (χ4n) is 1.62. The molecule has 0 aliphatic heterocycles. The van der Waals surface area contributed by atoms with Crippen LogP contribution in [0.1, 0.15) is 0 Å². The first-order valence-corrected chi connectivity index (χ1v) is 5.42. The van der Waals surface area contributed by atoms with Gasteiger partial charge in [-0.2, -0.15) is 0 Å². The van der Waals surface area contributed by atoms with Crippen molar-refractivity contribution in [1.29, 1.82) is 0 Å². The van der Waals surface area contributed by atoms with Crippen LogP contribution in [0.2, 0.25) is 0 Å². The second kappa shape index (κ2) is 5.81. The molecule has 9 nitrogen and oxygen atoms in total. The third kappa shape index (κ3) is 2.43. The molecule has 0 fully saturated rings. The number of rotatable bonds is 5. The molecule has 0 radical (unpaired) electrons. The number of nitrogens with zero attached hydrogens (tertiary/aromatic N) is 5.